The second kappa shape index (κ2) is 5.61. The van der Waals surface area contributed by atoms with Crippen LogP contribution in [0.15, 0.2) is 24.3 Å². The first-order valence-corrected chi connectivity index (χ1v) is 7.04. The maximum Gasteiger partial charge on any atom is 0.220 e. The van der Waals surface area contributed by atoms with Gasteiger partial charge in [0.2, 0.25) is 5.91 Å². The number of para-hydroxylation sites is 1. The second-order valence-electron chi connectivity index (χ2n) is 5.26. The molecule has 0 aliphatic carbocycles. The van der Waals surface area contributed by atoms with Gasteiger partial charge in [-0.25, -0.2) is 0 Å². The molecule has 0 saturated carbocycles. The molecule has 19 heavy (non-hydrogen) atoms. The number of ether oxygens (including phenoxy) is 1. The fourth-order valence-corrected chi connectivity index (χ4v) is 2.93. The number of nitrogens with one attached hydrogen (secondary N) is 1. The summed E-state index contributed by atoms with van der Waals surface area (Å²) in [6.07, 6.45) is 2.63. The first-order valence-electron chi connectivity index (χ1n) is 7.04. The minimum absolute atomic E-state index is 0.189. The van der Waals surface area contributed by atoms with Crippen LogP contribution in [0.3, 0.4) is 0 Å². The molecule has 1 saturated heterocycles. The monoisotopic (exact) mass is 260 g/mol. The zero-order chi connectivity index (χ0) is 13.1. The average Bonchev–Trinajstić information content (AvgIpc) is 2.76. The molecule has 0 spiro atoms. The maximum atomic E-state index is 11.4. The zero-order valence-electron chi connectivity index (χ0n) is 11.1. The molecule has 0 radical (unpaired) electrons. The predicted molar refractivity (Wildman–Crippen MR) is 73.0 cm³/mol. The molecule has 1 aromatic rings. The molecule has 3 rings (SSSR count). The van der Waals surface area contributed by atoms with Crippen molar-refractivity contribution in [2.45, 2.75) is 31.8 Å². The van der Waals surface area contributed by atoms with Gasteiger partial charge in [0.05, 0.1) is 0 Å². The van der Waals surface area contributed by atoms with Gasteiger partial charge in [0.15, 0.2) is 0 Å². The lowest BCUT2D eigenvalue weighted by atomic mass is 10.1. The van der Waals surface area contributed by atoms with E-state index in [0.717, 1.165) is 44.8 Å². The lowest BCUT2D eigenvalue weighted by molar-refractivity contribution is -0.120. The van der Waals surface area contributed by atoms with Crippen LogP contribution in [-0.2, 0) is 11.3 Å². The van der Waals surface area contributed by atoms with Gasteiger partial charge in [-0.15, -0.1) is 0 Å². The van der Waals surface area contributed by atoms with Crippen molar-refractivity contribution in [1.82, 2.24) is 10.2 Å². The van der Waals surface area contributed by atoms with Crippen LogP contribution in [0.2, 0.25) is 0 Å². The number of hydrogen-bond donors (Lipinski definition) is 1. The highest BCUT2D eigenvalue weighted by Crippen LogP contribution is 2.25. The third-order valence-corrected chi connectivity index (χ3v) is 4.00. The number of benzene rings is 1. The minimum atomic E-state index is 0.189. The molecule has 4 heteroatoms. The summed E-state index contributed by atoms with van der Waals surface area (Å²) < 4.78 is 5.80. The quantitative estimate of drug-likeness (QED) is 0.833. The summed E-state index contributed by atoms with van der Waals surface area (Å²) in [6, 6.07) is 8.73. The molecule has 0 unspecified atom stereocenters. The van der Waals surface area contributed by atoms with Crippen molar-refractivity contribution in [3.8, 4) is 5.75 Å². The van der Waals surface area contributed by atoms with Crippen molar-refractivity contribution >= 4 is 5.91 Å². The summed E-state index contributed by atoms with van der Waals surface area (Å²) in [7, 11) is 0. The van der Waals surface area contributed by atoms with Crippen molar-refractivity contribution in [3.05, 3.63) is 29.8 Å². The lowest BCUT2D eigenvalue weighted by Crippen LogP contribution is -2.37. The summed E-state index contributed by atoms with van der Waals surface area (Å²) in [5.41, 5.74) is 1.25. The molecular weight excluding hydrogens is 240 g/mol. The molecule has 2 aliphatic rings. The van der Waals surface area contributed by atoms with Crippen LogP contribution in [0, 0.1) is 0 Å². The van der Waals surface area contributed by atoms with Gasteiger partial charge in [-0.05, 0) is 18.9 Å². The Labute approximate surface area is 113 Å². The van der Waals surface area contributed by atoms with Gasteiger partial charge < -0.3 is 10.1 Å². The topological polar surface area (TPSA) is 41.6 Å². The van der Waals surface area contributed by atoms with Crippen molar-refractivity contribution in [1.29, 1.82) is 0 Å². The minimum Gasteiger partial charge on any atom is -0.492 e. The number of amides is 1. The molecular formula is C15H20N2O2. The molecule has 2 aliphatic heterocycles. The highest BCUT2D eigenvalue weighted by atomic mass is 16.5. The molecule has 1 atom stereocenters. The van der Waals surface area contributed by atoms with Gasteiger partial charge in [0.1, 0.15) is 12.4 Å². The summed E-state index contributed by atoms with van der Waals surface area (Å²) in [5, 5.41) is 2.95. The first kappa shape index (κ1) is 12.5. The summed E-state index contributed by atoms with van der Waals surface area (Å²) in [6.45, 7) is 3.39. The van der Waals surface area contributed by atoms with Gasteiger partial charge in [-0.3, -0.25) is 9.69 Å². The Hall–Kier alpha value is -1.55. The summed E-state index contributed by atoms with van der Waals surface area (Å²) in [5.74, 6) is 1.20. The SMILES string of the molecule is O=C1CC[C@@H](N2CCOc3ccccc3C2)CCN1. The Morgan fingerprint density at radius 3 is 3.11 bits per heavy atom. The van der Waals surface area contributed by atoms with E-state index in [1.54, 1.807) is 0 Å². The van der Waals surface area contributed by atoms with E-state index >= 15 is 0 Å². The van der Waals surface area contributed by atoms with Crippen molar-refractivity contribution < 1.29 is 9.53 Å². The number of rotatable bonds is 1. The Kier molecular flexibility index (Phi) is 3.69. The highest BCUT2D eigenvalue weighted by Gasteiger charge is 2.24. The normalized spacial score (nSPS) is 24.6. The van der Waals surface area contributed by atoms with E-state index in [9.17, 15) is 4.79 Å². The van der Waals surface area contributed by atoms with Crippen LogP contribution in [0.1, 0.15) is 24.8 Å². The molecule has 1 fully saturated rings. The van der Waals surface area contributed by atoms with Gasteiger partial charge in [0, 0.05) is 37.7 Å². The van der Waals surface area contributed by atoms with Crippen LogP contribution in [0.25, 0.3) is 0 Å². The Bertz CT molecular complexity index is 461. The van der Waals surface area contributed by atoms with Crippen molar-refractivity contribution in [3.63, 3.8) is 0 Å². The van der Waals surface area contributed by atoms with Crippen LogP contribution in [-0.4, -0.2) is 36.5 Å². The molecule has 0 bridgehead atoms. The van der Waals surface area contributed by atoms with Crippen LogP contribution in [0.5, 0.6) is 5.75 Å². The van der Waals surface area contributed by atoms with Crippen molar-refractivity contribution in [2.24, 2.45) is 0 Å². The van der Waals surface area contributed by atoms with E-state index in [1.165, 1.54) is 5.56 Å². The highest BCUT2D eigenvalue weighted by molar-refractivity contribution is 5.76. The number of nitrogens with zero attached hydrogens (tertiary/aromatic N) is 1. The van der Waals surface area contributed by atoms with Crippen LogP contribution < -0.4 is 10.1 Å². The van der Waals surface area contributed by atoms with Gasteiger partial charge in [-0.2, -0.15) is 0 Å². The van der Waals surface area contributed by atoms with Gasteiger partial charge >= 0.3 is 0 Å². The standard InChI is InChI=1S/C15H20N2O2/c18-15-6-5-13(7-8-16-15)17-9-10-19-14-4-2-1-3-12(14)11-17/h1-4,13H,5-11H2,(H,16,18)/t13-/m1/s1. The molecule has 1 amide bonds. The van der Waals surface area contributed by atoms with Gasteiger partial charge in [0.25, 0.3) is 0 Å². The maximum absolute atomic E-state index is 11.4. The fourth-order valence-electron chi connectivity index (χ4n) is 2.93. The molecule has 102 valence electrons. The van der Waals surface area contributed by atoms with E-state index in [-0.39, 0.29) is 5.91 Å². The number of carbonyl (C=O) groups is 1. The third-order valence-electron chi connectivity index (χ3n) is 4.00. The Morgan fingerprint density at radius 1 is 1.26 bits per heavy atom. The number of carbonyl (C=O) groups excluding carboxylic acids is 1. The molecule has 1 N–H and O–H groups in total. The lowest BCUT2D eigenvalue weighted by Gasteiger charge is -2.28. The zero-order valence-corrected chi connectivity index (χ0v) is 11.1. The Morgan fingerprint density at radius 2 is 2.16 bits per heavy atom. The molecule has 4 nitrogen and oxygen atoms in total. The third kappa shape index (κ3) is 2.89. The predicted octanol–water partition coefficient (Wildman–Crippen LogP) is 1.55. The molecule has 1 aromatic carbocycles. The second-order valence-corrected chi connectivity index (χ2v) is 5.26. The largest absolute Gasteiger partial charge is 0.492 e. The average molecular weight is 260 g/mol. The van der Waals surface area contributed by atoms with E-state index in [2.05, 4.69) is 22.3 Å². The number of fused-ring (bicyclic) bond motifs is 1. The van der Waals surface area contributed by atoms with Crippen molar-refractivity contribution in [2.75, 3.05) is 19.7 Å². The number of hydrogen-bond acceptors (Lipinski definition) is 3. The van der Waals surface area contributed by atoms with E-state index < -0.39 is 0 Å². The van der Waals surface area contributed by atoms with E-state index in [1.807, 2.05) is 12.1 Å². The molecule has 2 heterocycles. The smallest absolute Gasteiger partial charge is 0.220 e. The summed E-state index contributed by atoms with van der Waals surface area (Å²) >= 11 is 0. The van der Waals surface area contributed by atoms with E-state index in [4.69, 9.17) is 4.74 Å². The van der Waals surface area contributed by atoms with Crippen LogP contribution in [0.4, 0.5) is 0 Å². The Balaban J connectivity index is 1.73. The van der Waals surface area contributed by atoms with E-state index in [0.29, 0.717) is 12.5 Å². The van der Waals surface area contributed by atoms with Crippen LogP contribution >= 0.6 is 0 Å². The molecule has 0 aromatic heterocycles. The first-order chi connectivity index (χ1) is 9.33. The van der Waals surface area contributed by atoms with Gasteiger partial charge in [-0.1, -0.05) is 18.2 Å². The summed E-state index contributed by atoms with van der Waals surface area (Å²) in [4.78, 5) is 13.9. The fraction of sp³-hybridized carbons (Fsp3) is 0.533.